The van der Waals surface area contributed by atoms with Crippen LogP contribution in [0.25, 0.3) is 0 Å². The zero-order valence-corrected chi connectivity index (χ0v) is 11.2. The minimum atomic E-state index is -0.757. The second-order valence-corrected chi connectivity index (χ2v) is 5.52. The lowest BCUT2D eigenvalue weighted by atomic mass is 10.1. The van der Waals surface area contributed by atoms with Gasteiger partial charge in [0.25, 0.3) is 0 Å². The van der Waals surface area contributed by atoms with Crippen LogP contribution in [0, 0.1) is 5.92 Å². The van der Waals surface area contributed by atoms with Crippen molar-refractivity contribution in [3.63, 3.8) is 0 Å². The van der Waals surface area contributed by atoms with Crippen molar-refractivity contribution in [1.29, 1.82) is 0 Å². The van der Waals surface area contributed by atoms with E-state index in [4.69, 9.17) is 0 Å². The lowest BCUT2D eigenvalue weighted by Gasteiger charge is -2.24. The minimum absolute atomic E-state index is 0.0207. The maximum atomic E-state index is 11.5. The van der Waals surface area contributed by atoms with E-state index < -0.39 is 5.60 Å². The van der Waals surface area contributed by atoms with Crippen LogP contribution in [0.1, 0.15) is 34.1 Å². The van der Waals surface area contributed by atoms with Crippen LogP contribution < -0.4 is 5.32 Å². The molecule has 96 valence electrons. The SMILES string of the molecule is CC(C)CCNC(=O)CN(C)CC(C)(C)O. The standard InChI is InChI=1S/C12H26N2O2/c1-10(2)6-7-13-11(15)8-14(5)9-12(3,4)16/h10,16H,6-9H2,1-5H3,(H,13,15). The Morgan fingerprint density at radius 3 is 2.44 bits per heavy atom. The molecule has 0 aromatic rings. The molecule has 0 radical (unpaired) electrons. The normalized spacial score (nSPS) is 12.2. The molecule has 0 saturated heterocycles. The molecule has 0 heterocycles. The molecular formula is C12H26N2O2. The van der Waals surface area contributed by atoms with E-state index >= 15 is 0 Å². The molecule has 1 amide bonds. The summed E-state index contributed by atoms with van der Waals surface area (Å²) in [6.07, 6.45) is 1.00. The lowest BCUT2D eigenvalue weighted by molar-refractivity contribution is -0.122. The average molecular weight is 230 g/mol. The quantitative estimate of drug-likeness (QED) is 0.682. The number of carbonyl (C=O) groups is 1. The Kier molecular flexibility index (Phi) is 6.60. The molecule has 4 heteroatoms. The highest BCUT2D eigenvalue weighted by Gasteiger charge is 2.17. The number of hydrogen-bond acceptors (Lipinski definition) is 3. The third-order valence-electron chi connectivity index (χ3n) is 2.11. The van der Waals surface area contributed by atoms with Gasteiger partial charge in [-0.05, 0) is 33.2 Å². The molecule has 4 nitrogen and oxygen atoms in total. The van der Waals surface area contributed by atoms with Gasteiger partial charge in [-0.2, -0.15) is 0 Å². The Bertz CT molecular complexity index is 210. The molecule has 0 atom stereocenters. The molecule has 0 spiro atoms. The van der Waals surface area contributed by atoms with Gasteiger partial charge in [0.1, 0.15) is 0 Å². The topological polar surface area (TPSA) is 52.6 Å². The Morgan fingerprint density at radius 1 is 1.44 bits per heavy atom. The summed E-state index contributed by atoms with van der Waals surface area (Å²) >= 11 is 0. The van der Waals surface area contributed by atoms with E-state index in [0.717, 1.165) is 13.0 Å². The summed E-state index contributed by atoms with van der Waals surface area (Å²) in [6, 6.07) is 0. The van der Waals surface area contributed by atoms with Crippen LogP contribution in [-0.2, 0) is 4.79 Å². The molecule has 0 saturated carbocycles. The molecule has 2 N–H and O–H groups in total. The molecule has 0 aliphatic carbocycles. The van der Waals surface area contributed by atoms with Crippen molar-refractivity contribution in [2.45, 2.75) is 39.7 Å². The predicted octanol–water partition coefficient (Wildman–Crippen LogP) is 0.851. The second-order valence-electron chi connectivity index (χ2n) is 5.52. The van der Waals surface area contributed by atoms with Gasteiger partial charge in [0.05, 0.1) is 12.1 Å². The van der Waals surface area contributed by atoms with Gasteiger partial charge in [0.2, 0.25) is 5.91 Å². The number of rotatable bonds is 7. The van der Waals surface area contributed by atoms with Crippen LogP contribution in [0.5, 0.6) is 0 Å². The fourth-order valence-electron chi connectivity index (χ4n) is 1.52. The molecule has 0 aromatic heterocycles. The average Bonchev–Trinajstić information content (AvgIpc) is 1.98. The van der Waals surface area contributed by atoms with Crippen LogP contribution >= 0.6 is 0 Å². The van der Waals surface area contributed by atoms with Crippen molar-refractivity contribution in [3.05, 3.63) is 0 Å². The van der Waals surface area contributed by atoms with Gasteiger partial charge in [0, 0.05) is 13.1 Å². The van der Waals surface area contributed by atoms with E-state index in [1.807, 2.05) is 11.9 Å². The number of amides is 1. The van der Waals surface area contributed by atoms with Crippen molar-refractivity contribution in [1.82, 2.24) is 10.2 Å². The summed E-state index contributed by atoms with van der Waals surface area (Å²) in [5, 5.41) is 12.4. The summed E-state index contributed by atoms with van der Waals surface area (Å²) in [5.74, 6) is 0.627. The van der Waals surface area contributed by atoms with E-state index in [0.29, 0.717) is 19.0 Å². The Morgan fingerprint density at radius 2 is 2.00 bits per heavy atom. The molecular weight excluding hydrogens is 204 g/mol. The van der Waals surface area contributed by atoms with E-state index in [2.05, 4.69) is 19.2 Å². The molecule has 0 rings (SSSR count). The summed E-state index contributed by atoms with van der Waals surface area (Å²) < 4.78 is 0. The monoisotopic (exact) mass is 230 g/mol. The summed E-state index contributed by atoms with van der Waals surface area (Å²) in [6.45, 7) is 9.29. The molecule has 0 bridgehead atoms. The van der Waals surface area contributed by atoms with Crippen molar-refractivity contribution in [3.8, 4) is 0 Å². The van der Waals surface area contributed by atoms with Crippen LogP contribution in [0.2, 0.25) is 0 Å². The maximum absolute atomic E-state index is 11.5. The highest BCUT2D eigenvalue weighted by Crippen LogP contribution is 2.02. The van der Waals surface area contributed by atoms with Crippen LogP contribution in [0.4, 0.5) is 0 Å². The fraction of sp³-hybridized carbons (Fsp3) is 0.917. The Balaban J connectivity index is 3.71. The number of nitrogens with zero attached hydrogens (tertiary/aromatic N) is 1. The summed E-state index contributed by atoms with van der Waals surface area (Å²) in [4.78, 5) is 13.3. The van der Waals surface area contributed by atoms with Gasteiger partial charge in [0.15, 0.2) is 0 Å². The number of likely N-dealkylation sites (N-methyl/N-ethyl adjacent to an activating group) is 1. The first-order chi connectivity index (χ1) is 7.20. The molecule has 0 aliphatic heterocycles. The number of carbonyl (C=O) groups excluding carboxylic acids is 1. The molecule has 0 fully saturated rings. The lowest BCUT2D eigenvalue weighted by Crippen LogP contribution is -2.42. The van der Waals surface area contributed by atoms with E-state index in [1.54, 1.807) is 13.8 Å². The molecule has 0 unspecified atom stereocenters. The van der Waals surface area contributed by atoms with Crippen molar-refractivity contribution in [2.75, 3.05) is 26.7 Å². The minimum Gasteiger partial charge on any atom is -0.389 e. The number of nitrogens with one attached hydrogen (secondary N) is 1. The highest BCUT2D eigenvalue weighted by molar-refractivity contribution is 5.77. The maximum Gasteiger partial charge on any atom is 0.234 e. The smallest absolute Gasteiger partial charge is 0.234 e. The van der Waals surface area contributed by atoms with Crippen LogP contribution in [0.15, 0.2) is 0 Å². The van der Waals surface area contributed by atoms with Gasteiger partial charge < -0.3 is 10.4 Å². The largest absolute Gasteiger partial charge is 0.389 e. The van der Waals surface area contributed by atoms with Crippen molar-refractivity contribution < 1.29 is 9.90 Å². The van der Waals surface area contributed by atoms with Gasteiger partial charge >= 0.3 is 0 Å². The third kappa shape index (κ3) is 9.93. The molecule has 16 heavy (non-hydrogen) atoms. The fourth-order valence-corrected chi connectivity index (χ4v) is 1.52. The third-order valence-corrected chi connectivity index (χ3v) is 2.11. The summed E-state index contributed by atoms with van der Waals surface area (Å²) in [7, 11) is 1.83. The van der Waals surface area contributed by atoms with Crippen LogP contribution in [-0.4, -0.2) is 48.2 Å². The first-order valence-electron chi connectivity index (χ1n) is 5.88. The first kappa shape index (κ1) is 15.4. The predicted molar refractivity (Wildman–Crippen MR) is 66.3 cm³/mol. The summed E-state index contributed by atoms with van der Waals surface area (Å²) in [5.41, 5.74) is -0.757. The molecule has 0 aliphatic rings. The van der Waals surface area contributed by atoms with Gasteiger partial charge in [-0.15, -0.1) is 0 Å². The molecule has 0 aromatic carbocycles. The van der Waals surface area contributed by atoms with Crippen LogP contribution in [0.3, 0.4) is 0 Å². The first-order valence-corrected chi connectivity index (χ1v) is 5.88. The zero-order chi connectivity index (χ0) is 12.8. The van der Waals surface area contributed by atoms with Crippen molar-refractivity contribution in [2.24, 2.45) is 5.92 Å². The Labute approximate surface area is 99.0 Å². The van der Waals surface area contributed by atoms with Gasteiger partial charge in [-0.3, -0.25) is 9.69 Å². The highest BCUT2D eigenvalue weighted by atomic mass is 16.3. The van der Waals surface area contributed by atoms with E-state index in [1.165, 1.54) is 0 Å². The number of aliphatic hydroxyl groups is 1. The van der Waals surface area contributed by atoms with E-state index in [-0.39, 0.29) is 5.91 Å². The second kappa shape index (κ2) is 6.86. The van der Waals surface area contributed by atoms with Gasteiger partial charge in [-0.25, -0.2) is 0 Å². The van der Waals surface area contributed by atoms with Gasteiger partial charge in [-0.1, -0.05) is 13.8 Å². The number of hydrogen-bond donors (Lipinski definition) is 2. The Hall–Kier alpha value is -0.610. The van der Waals surface area contributed by atoms with E-state index in [9.17, 15) is 9.90 Å². The zero-order valence-electron chi connectivity index (χ0n) is 11.2. The van der Waals surface area contributed by atoms with Crippen molar-refractivity contribution >= 4 is 5.91 Å².